The van der Waals surface area contributed by atoms with Crippen LogP contribution in [0.3, 0.4) is 0 Å². The summed E-state index contributed by atoms with van der Waals surface area (Å²) in [5, 5.41) is 18.3. The molecule has 0 aliphatic rings. The molecule has 58 heavy (non-hydrogen) atoms. The zero-order valence-electron chi connectivity index (χ0n) is 36.9. The molecule has 0 bridgehead atoms. The molecule has 0 aromatic rings. The molecule has 0 aliphatic heterocycles. The van der Waals surface area contributed by atoms with Crippen LogP contribution in [0.15, 0.2) is 24.3 Å². The Morgan fingerprint density at radius 1 is 0.603 bits per heavy atom. The van der Waals surface area contributed by atoms with Gasteiger partial charge < -0.3 is 24.6 Å². The van der Waals surface area contributed by atoms with Gasteiger partial charge in [-0.15, -0.1) is 0 Å². The van der Waals surface area contributed by atoms with Crippen LogP contribution in [0.25, 0.3) is 0 Å². The van der Waals surface area contributed by atoms with Crippen molar-refractivity contribution in [2.45, 2.75) is 219 Å². The Kier molecular flexibility index (Phi) is 39.2. The van der Waals surface area contributed by atoms with Crippen LogP contribution in [0, 0.1) is 5.92 Å². The predicted octanol–water partition coefficient (Wildman–Crippen LogP) is 11.6. The second-order valence-electron chi connectivity index (χ2n) is 16.3. The topological polar surface area (TPSA) is 166 Å². The number of ether oxygens (including phenoxy) is 2. The van der Waals surface area contributed by atoms with E-state index in [0.717, 1.165) is 63.7 Å². The molecule has 0 spiro atoms. The first-order valence-corrected chi connectivity index (χ1v) is 24.6. The fourth-order valence-corrected chi connectivity index (χ4v) is 7.19. The molecule has 0 saturated heterocycles. The van der Waals surface area contributed by atoms with Gasteiger partial charge in [0.1, 0.15) is 12.7 Å². The minimum Gasteiger partial charge on any atom is -0.462 e. The third-order valence-electron chi connectivity index (χ3n) is 10.0. The van der Waals surface area contributed by atoms with E-state index in [-0.39, 0.29) is 25.2 Å². The summed E-state index contributed by atoms with van der Waals surface area (Å²) in [5.41, 5.74) is 0. The van der Waals surface area contributed by atoms with Gasteiger partial charge in [0.15, 0.2) is 11.9 Å². The molecule has 0 fully saturated rings. The zero-order valence-corrected chi connectivity index (χ0v) is 37.8. The Morgan fingerprint density at radius 2 is 1.09 bits per heavy atom. The van der Waals surface area contributed by atoms with Gasteiger partial charge >= 0.3 is 19.8 Å². The van der Waals surface area contributed by atoms with Crippen molar-refractivity contribution in [2.75, 3.05) is 26.4 Å². The molecule has 12 heteroatoms. The van der Waals surface area contributed by atoms with Gasteiger partial charge in [0.05, 0.1) is 19.8 Å². The molecule has 0 aromatic heterocycles. The number of phosphoric ester groups is 1. The average Bonchev–Trinajstić information content (AvgIpc) is 3.19. The lowest BCUT2D eigenvalue weighted by Gasteiger charge is -2.20. The van der Waals surface area contributed by atoms with Crippen LogP contribution in [-0.2, 0) is 37.5 Å². The molecular weight excluding hydrogens is 759 g/mol. The summed E-state index contributed by atoms with van der Waals surface area (Å²) < 4.78 is 32.7. The van der Waals surface area contributed by atoms with Crippen LogP contribution in [0.5, 0.6) is 0 Å². The number of aliphatic hydroxyl groups excluding tert-OH is 2. The Balaban J connectivity index is 4.29. The molecule has 0 radical (unpaired) electrons. The number of rotatable bonds is 43. The number of allylic oxidation sites excluding steroid dienone is 4. The molecule has 11 nitrogen and oxygen atoms in total. The van der Waals surface area contributed by atoms with Gasteiger partial charge in [0.2, 0.25) is 0 Å². The number of phosphoric acid groups is 1. The van der Waals surface area contributed by atoms with E-state index in [9.17, 15) is 28.9 Å². The normalized spacial score (nSPS) is 14.0. The quantitative estimate of drug-likeness (QED) is 0.0176. The van der Waals surface area contributed by atoms with Crippen LogP contribution >= 0.6 is 7.82 Å². The molecular formula is C46H85O11P. The molecule has 0 amide bonds. The summed E-state index contributed by atoms with van der Waals surface area (Å²) in [7, 11) is -4.65. The monoisotopic (exact) mass is 845 g/mol. The van der Waals surface area contributed by atoms with Crippen LogP contribution in [0.2, 0.25) is 0 Å². The number of esters is 2. The largest absolute Gasteiger partial charge is 0.472 e. The molecule has 340 valence electrons. The first-order chi connectivity index (χ1) is 28.0. The van der Waals surface area contributed by atoms with Gasteiger partial charge in [0, 0.05) is 19.3 Å². The van der Waals surface area contributed by atoms with Gasteiger partial charge in [-0.3, -0.25) is 23.4 Å². The first-order valence-electron chi connectivity index (χ1n) is 23.1. The lowest BCUT2D eigenvalue weighted by Crippen LogP contribution is -2.29. The number of aliphatic hydroxyl groups is 2. The highest BCUT2D eigenvalue weighted by Gasteiger charge is 2.27. The smallest absolute Gasteiger partial charge is 0.462 e. The van der Waals surface area contributed by atoms with Gasteiger partial charge in [-0.1, -0.05) is 174 Å². The van der Waals surface area contributed by atoms with Crippen molar-refractivity contribution in [3.05, 3.63) is 24.3 Å². The van der Waals surface area contributed by atoms with E-state index >= 15 is 0 Å². The van der Waals surface area contributed by atoms with E-state index in [1.54, 1.807) is 12.2 Å². The van der Waals surface area contributed by atoms with Gasteiger partial charge in [-0.2, -0.15) is 0 Å². The Morgan fingerprint density at radius 3 is 1.60 bits per heavy atom. The van der Waals surface area contributed by atoms with E-state index in [1.807, 2.05) is 6.08 Å². The summed E-state index contributed by atoms with van der Waals surface area (Å²) in [5.74, 6) is -0.0797. The van der Waals surface area contributed by atoms with Gasteiger partial charge in [-0.25, -0.2) is 4.57 Å². The SMILES string of the molecule is CCCCC/C=C\C=C\C(=O)CCCCCCCC(=O)O[C@H](COC(=O)CCCCCCCCCCCCCCCCCCC(C)C)COP(=O)(O)OC[C@@H](O)CO. The second kappa shape index (κ2) is 40.5. The number of ketones is 1. The van der Waals surface area contributed by atoms with E-state index in [4.69, 9.17) is 19.1 Å². The predicted molar refractivity (Wildman–Crippen MR) is 233 cm³/mol. The van der Waals surface area contributed by atoms with Crippen molar-refractivity contribution in [3.8, 4) is 0 Å². The second-order valence-corrected chi connectivity index (χ2v) is 17.8. The fraction of sp³-hybridized carbons (Fsp3) is 0.848. The summed E-state index contributed by atoms with van der Waals surface area (Å²) in [4.78, 5) is 47.1. The zero-order chi connectivity index (χ0) is 43.0. The number of hydrogen-bond donors (Lipinski definition) is 3. The van der Waals surface area contributed by atoms with Crippen LogP contribution in [0.4, 0.5) is 0 Å². The van der Waals surface area contributed by atoms with E-state index in [2.05, 4.69) is 31.4 Å². The molecule has 1 unspecified atom stereocenters. The first kappa shape index (κ1) is 56.1. The maximum absolute atomic E-state index is 12.6. The van der Waals surface area contributed by atoms with E-state index in [1.165, 1.54) is 96.3 Å². The lowest BCUT2D eigenvalue weighted by molar-refractivity contribution is -0.161. The fourth-order valence-electron chi connectivity index (χ4n) is 6.40. The van der Waals surface area contributed by atoms with E-state index < -0.39 is 51.8 Å². The number of carbonyl (C=O) groups is 3. The van der Waals surface area contributed by atoms with E-state index in [0.29, 0.717) is 19.3 Å². The summed E-state index contributed by atoms with van der Waals surface area (Å²) >= 11 is 0. The maximum atomic E-state index is 12.6. The number of unbranched alkanes of at least 4 members (excludes halogenated alkanes) is 22. The standard InChI is InChI=1S/C46H85O11P/c1-4-5-6-7-18-23-28-33-42(48)34-29-24-21-26-31-36-46(51)57-44(40-56-58(52,53)55-38-43(49)37-47)39-54-45(50)35-30-25-20-17-15-13-11-9-8-10-12-14-16-19-22-27-32-41(2)3/h18,23,28,33,41,43-44,47,49H,4-17,19-22,24-27,29-32,34-40H2,1-3H3,(H,52,53)/b23-18-,33-28+/t43-,44+/m0/s1. The molecule has 0 aromatic carbocycles. The summed E-state index contributed by atoms with van der Waals surface area (Å²) in [6.45, 7) is 4.56. The van der Waals surface area contributed by atoms with Crippen molar-refractivity contribution in [1.29, 1.82) is 0 Å². The Hall–Kier alpha value is -1.88. The van der Waals surface area contributed by atoms with Crippen LogP contribution < -0.4 is 0 Å². The Labute approximate surface area is 353 Å². The lowest BCUT2D eigenvalue weighted by atomic mass is 10.0. The molecule has 0 aliphatic carbocycles. The molecule has 3 N–H and O–H groups in total. The third kappa shape index (κ3) is 40.9. The summed E-state index contributed by atoms with van der Waals surface area (Å²) in [6.07, 6.45) is 35.4. The van der Waals surface area contributed by atoms with Crippen molar-refractivity contribution >= 4 is 25.5 Å². The maximum Gasteiger partial charge on any atom is 0.472 e. The molecule has 0 heterocycles. The minimum absolute atomic E-state index is 0.100. The minimum atomic E-state index is -4.65. The molecule has 0 rings (SSSR count). The third-order valence-corrected chi connectivity index (χ3v) is 11.0. The van der Waals surface area contributed by atoms with Crippen molar-refractivity contribution in [2.24, 2.45) is 5.92 Å². The molecule has 3 atom stereocenters. The Bertz CT molecular complexity index is 1090. The van der Waals surface area contributed by atoms with Crippen molar-refractivity contribution < 1.29 is 52.6 Å². The highest BCUT2D eigenvalue weighted by Crippen LogP contribution is 2.43. The number of carbonyl (C=O) groups excluding carboxylic acids is 3. The van der Waals surface area contributed by atoms with Gasteiger partial charge in [0.25, 0.3) is 0 Å². The van der Waals surface area contributed by atoms with Crippen LogP contribution in [-0.4, -0.2) is 71.5 Å². The van der Waals surface area contributed by atoms with Crippen LogP contribution in [0.1, 0.15) is 207 Å². The highest BCUT2D eigenvalue weighted by atomic mass is 31.2. The molecule has 0 saturated carbocycles. The van der Waals surface area contributed by atoms with Crippen molar-refractivity contribution in [3.63, 3.8) is 0 Å². The van der Waals surface area contributed by atoms with Gasteiger partial charge in [-0.05, 0) is 44.1 Å². The van der Waals surface area contributed by atoms with Crippen molar-refractivity contribution in [1.82, 2.24) is 0 Å². The highest BCUT2D eigenvalue weighted by molar-refractivity contribution is 7.47. The summed E-state index contributed by atoms with van der Waals surface area (Å²) in [6, 6.07) is 0. The average molecular weight is 845 g/mol. The number of hydrogen-bond acceptors (Lipinski definition) is 10.